The summed E-state index contributed by atoms with van der Waals surface area (Å²) in [6.45, 7) is 4.17. The molecule has 0 fully saturated rings. The molecule has 1 atom stereocenters. The first-order valence-electron chi connectivity index (χ1n) is 6.52. The Hall–Kier alpha value is -1.85. The summed E-state index contributed by atoms with van der Waals surface area (Å²) < 4.78 is 6.02. The van der Waals surface area contributed by atoms with E-state index in [1.165, 1.54) is 11.3 Å². The van der Waals surface area contributed by atoms with Crippen LogP contribution in [0.25, 0.3) is 11.5 Å². The minimum Gasteiger partial charge on any atom is -0.423 e. The lowest BCUT2D eigenvalue weighted by atomic mass is 10.1. The first-order chi connectivity index (χ1) is 10.1. The van der Waals surface area contributed by atoms with Crippen LogP contribution in [0.2, 0.25) is 4.34 Å². The van der Waals surface area contributed by atoms with E-state index in [0.717, 1.165) is 21.2 Å². The van der Waals surface area contributed by atoms with Crippen molar-refractivity contribution in [2.75, 3.05) is 5.32 Å². The summed E-state index contributed by atoms with van der Waals surface area (Å²) in [6.07, 6.45) is 1.33. The average molecular weight is 320 g/mol. The number of aryl methyl sites for hydroxylation is 1. The maximum Gasteiger partial charge on any atom is 0.247 e. The fourth-order valence-electron chi connectivity index (χ4n) is 2.12. The van der Waals surface area contributed by atoms with Crippen LogP contribution in [0.15, 0.2) is 41.1 Å². The van der Waals surface area contributed by atoms with E-state index in [1.807, 2.05) is 30.3 Å². The fourth-order valence-corrected chi connectivity index (χ4v) is 3.19. The second-order valence-corrected chi connectivity index (χ2v) is 6.53. The molecule has 6 heteroatoms. The van der Waals surface area contributed by atoms with Gasteiger partial charge in [-0.05, 0) is 49.7 Å². The van der Waals surface area contributed by atoms with Crippen molar-refractivity contribution in [2.45, 2.75) is 19.9 Å². The van der Waals surface area contributed by atoms with Gasteiger partial charge in [0.15, 0.2) is 0 Å². The third-order valence-corrected chi connectivity index (χ3v) is 4.64. The molecule has 0 aliphatic rings. The lowest BCUT2D eigenvalue weighted by Crippen LogP contribution is -2.06. The van der Waals surface area contributed by atoms with E-state index in [0.29, 0.717) is 5.89 Å². The van der Waals surface area contributed by atoms with Crippen molar-refractivity contribution in [3.05, 3.63) is 51.5 Å². The number of hydrogen-bond donors (Lipinski definition) is 1. The Morgan fingerprint density at radius 3 is 2.76 bits per heavy atom. The number of nitrogens with one attached hydrogen (secondary N) is 1. The number of nitrogens with zero attached hydrogens (tertiary/aromatic N) is 2. The summed E-state index contributed by atoms with van der Waals surface area (Å²) in [6, 6.07) is 10.2. The van der Waals surface area contributed by atoms with Gasteiger partial charge in [0.1, 0.15) is 0 Å². The Labute approximate surface area is 131 Å². The Balaban J connectivity index is 1.80. The highest BCUT2D eigenvalue weighted by atomic mass is 35.5. The van der Waals surface area contributed by atoms with Gasteiger partial charge in [-0.25, -0.2) is 0 Å². The number of aromatic nitrogens is 2. The van der Waals surface area contributed by atoms with Crippen molar-refractivity contribution in [3.8, 4) is 11.5 Å². The van der Waals surface area contributed by atoms with Gasteiger partial charge in [0, 0.05) is 16.1 Å². The standard InChI is InChI=1S/C15H14ClN3OS/c1-9-7-11(15-19-17-8-20-15)3-4-12(9)18-10(2)13-5-6-14(16)21-13/h3-8,10,18H,1-2H3. The molecule has 1 unspecified atom stereocenters. The van der Waals surface area contributed by atoms with E-state index < -0.39 is 0 Å². The highest BCUT2D eigenvalue weighted by molar-refractivity contribution is 7.16. The van der Waals surface area contributed by atoms with Crippen LogP contribution in [0, 0.1) is 6.92 Å². The second kappa shape index (κ2) is 5.87. The van der Waals surface area contributed by atoms with Crippen LogP contribution in [-0.4, -0.2) is 10.2 Å². The van der Waals surface area contributed by atoms with Crippen molar-refractivity contribution in [1.82, 2.24) is 10.2 Å². The van der Waals surface area contributed by atoms with Crippen molar-refractivity contribution in [3.63, 3.8) is 0 Å². The van der Waals surface area contributed by atoms with Crippen LogP contribution in [0.5, 0.6) is 0 Å². The summed E-state index contributed by atoms with van der Waals surface area (Å²) >= 11 is 7.58. The van der Waals surface area contributed by atoms with Gasteiger partial charge in [0.2, 0.25) is 12.3 Å². The van der Waals surface area contributed by atoms with E-state index in [2.05, 4.69) is 29.4 Å². The SMILES string of the molecule is Cc1cc(-c2nnco2)ccc1NC(C)c1ccc(Cl)s1. The van der Waals surface area contributed by atoms with Crippen molar-refractivity contribution in [1.29, 1.82) is 0 Å². The summed E-state index contributed by atoms with van der Waals surface area (Å²) in [5.41, 5.74) is 3.12. The van der Waals surface area contributed by atoms with Gasteiger partial charge in [-0.3, -0.25) is 0 Å². The van der Waals surface area contributed by atoms with Crippen molar-refractivity contribution >= 4 is 28.6 Å². The van der Waals surface area contributed by atoms with E-state index in [4.69, 9.17) is 16.0 Å². The molecule has 4 nitrogen and oxygen atoms in total. The van der Waals surface area contributed by atoms with Gasteiger partial charge in [-0.15, -0.1) is 21.5 Å². The molecule has 3 rings (SSSR count). The number of halogens is 1. The molecule has 2 aromatic heterocycles. The predicted molar refractivity (Wildman–Crippen MR) is 85.8 cm³/mol. The molecule has 0 spiro atoms. The molecule has 0 aliphatic carbocycles. The summed E-state index contributed by atoms with van der Waals surface area (Å²) in [7, 11) is 0. The second-order valence-electron chi connectivity index (χ2n) is 4.78. The number of anilines is 1. The van der Waals surface area contributed by atoms with Gasteiger partial charge in [-0.1, -0.05) is 11.6 Å². The monoisotopic (exact) mass is 319 g/mol. The minimum absolute atomic E-state index is 0.204. The molecule has 3 aromatic rings. The molecule has 1 N–H and O–H groups in total. The molecular formula is C15H14ClN3OS. The number of hydrogen-bond acceptors (Lipinski definition) is 5. The average Bonchev–Trinajstić information content (AvgIpc) is 3.12. The molecule has 0 saturated carbocycles. The molecule has 108 valence electrons. The van der Waals surface area contributed by atoms with E-state index in [1.54, 1.807) is 11.3 Å². The van der Waals surface area contributed by atoms with Gasteiger partial charge in [0.05, 0.1) is 10.4 Å². The Kier molecular flexibility index (Phi) is 3.94. The maximum absolute atomic E-state index is 5.98. The van der Waals surface area contributed by atoms with Gasteiger partial charge < -0.3 is 9.73 Å². The molecule has 0 amide bonds. The molecule has 0 bridgehead atoms. The molecular weight excluding hydrogens is 306 g/mol. The first-order valence-corrected chi connectivity index (χ1v) is 7.72. The quantitative estimate of drug-likeness (QED) is 0.740. The number of thiophene rings is 1. The normalized spacial score (nSPS) is 12.3. The maximum atomic E-state index is 5.98. The van der Waals surface area contributed by atoms with Gasteiger partial charge >= 0.3 is 0 Å². The minimum atomic E-state index is 0.204. The number of benzene rings is 1. The fraction of sp³-hybridized carbons (Fsp3) is 0.200. The van der Waals surface area contributed by atoms with Crippen LogP contribution >= 0.6 is 22.9 Å². The van der Waals surface area contributed by atoms with E-state index in [9.17, 15) is 0 Å². The summed E-state index contributed by atoms with van der Waals surface area (Å²) in [5, 5.41) is 11.1. The Morgan fingerprint density at radius 2 is 2.14 bits per heavy atom. The van der Waals surface area contributed by atoms with E-state index >= 15 is 0 Å². The highest BCUT2D eigenvalue weighted by Gasteiger charge is 2.11. The topological polar surface area (TPSA) is 51.0 Å². The number of rotatable bonds is 4. The van der Waals surface area contributed by atoms with Crippen LogP contribution in [0.1, 0.15) is 23.4 Å². The van der Waals surface area contributed by atoms with Crippen molar-refractivity contribution < 1.29 is 4.42 Å². The largest absolute Gasteiger partial charge is 0.423 e. The zero-order valence-corrected chi connectivity index (χ0v) is 13.2. The molecule has 0 saturated heterocycles. The smallest absolute Gasteiger partial charge is 0.247 e. The van der Waals surface area contributed by atoms with Gasteiger partial charge in [-0.2, -0.15) is 0 Å². The lowest BCUT2D eigenvalue weighted by molar-refractivity contribution is 0.568. The predicted octanol–water partition coefficient (Wildman–Crippen LogP) is 4.93. The summed E-state index contributed by atoms with van der Waals surface area (Å²) in [4.78, 5) is 1.21. The Morgan fingerprint density at radius 1 is 1.29 bits per heavy atom. The van der Waals surface area contributed by atoms with Crippen molar-refractivity contribution in [2.24, 2.45) is 0 Å². The lowest BCUT2D eigenvalue weighted by Gasteiger charge is -2.16. The third-order valence-electron chi connectivity index (χ3n) is 3.23. The van der Waals surface area contributed by atoms with Crippen LogP contribution in [0.3, 0.4) is 0 Å². The summed E-state index contributed by atoms with van der Waals surface area (Å²) in [5.74, 6) is 0.530. The molecule has 1 aromatic carbocycles. The Bertz CT molecular complexity index is 739. The zero-order valence-electron chi connectivity index (χ0n) is 11.6. The molecule has 0 radical (unpaired) electrons. The van der Waals surface area contributed by atoms with Crippen LogP contribution < -0.4 is 5.32 Å². The van der Waals surface area contributed by atoms with E-state index in [-0.39, 0.29) is 6.04 Å². The molecule has 0 aliphatic heterocycles. The first kappa shape index (κ1) is 14.1. The highest BCUT2D eigenvalue weighted by Crippen LogP contribution is 2.31. The van der Waals surface area contributed by atoms with Crippen LogP contribution in [0.4, 0.5) is 5.69 Å². The zero-order chi connectivity index (χ0) is 14.8. The molecule has 21 heavy (non-hydrogen) atoms. The van der Waals surface area contributed by atoms with Gasteiger partial charge in [0.25, 0.3) is 0 Å². The third kappa shape index (κ3) is 3.09. The van der Waals surface area contributed by atoms with Crippen LogP contribution in [-0.2, 0) is 0 Å². The molecule has 2 heterocycles.